The van der Waals surface area contributed by atoms with Crippen molar-refractivity contribution in [3.05, 3.63) is 98.1 Å². The second-order valence-electron chi connectivity index (χ2n) is 7.98. The monoisotopic (exact) mass is 555 g/mol. The summed E-state index contributed by atoms with van der Waals surface area (Å²) in [6.07, 6.45) is 4.27. The summed E-state index contributed by atoms with van der Waals surface area (Å²) < 4.78 is 29.4. The van der Waals surface area contributed by atoms with Crippen molar-refractivity contribution >= 4 is 43.8 Å². The summed E-state index contributed by atoms with van der Waals surface area (Å²) in [4.78, 5) is 22.5. The van der Waals surface area contributed by atoms with E-state index in [1.165, 1.54) is 30.5 Å². The Hall–Kier alpha value is -2.37. The van der Waals surface area contributed by atoms with Crippen LogP contribution in [0.5, 0.6) is 0 Å². The summed E-state index contributed by atoms with van der Waals surface area (Å²) in [5.74, 6) is -0.189. The fourth-order valence-corrected chi connectivity index (χ4v) is 4.85. The van der Waals surface area contributed by atoms with Crippen molar-refractivity contribution in [2.24, 2.45) is 0 Å². The van der Waals surface area contributed by atoms with Crippen LogP contribution in [0, 0.1) is 11.6 Å². The predicted molar refractivity (Wildman–Crippen MR) is 123 cm³/mol. The number of aromatic nitrogens is 3. The van der Waals surface area contributed by atoms with Gasteiger partial charge < -0.3 is 0 Å². The van der Waals surface area contributed by atoms with Crippen molar-refractivity contribution in [3.8, 4) is 5.69 Å². The number of fused-ring (bicyclic) bond motifs is 1. The van der Waals surface area contributed by atoms with Crippen molar-refractivity contribution in [2.75, 3.05) is 0 Å². The quantitative estimate of drug-likeness (QED) is 0.320. The van der Waals surface area contributed by atoms with Crippen LogP contribution in [0.1, 0.15) is 40.4 Å². The van der Waals surface area contributed by atoms with Gasteiger partial charge >= 0.3 is 201 Å². The molecule has 0 bridgehead atoms. The third-order valence-electron chi connectivity index (χ3n) is 5.61. The first-order chi connectivity index (χ1) is 15.4. The molecule has 4 aromatic rings. The summed E-state index contributed by atoms with van der Waals surface area (Å²) >= 11 is 5.79. The molecular weight excluding hydrogens is 539 g/mol. The number of hydrogen-bond donors (Lipinski definition) is 0. The fourth-order valence-electron chi connectivity index (χ4n) is 3.86. The van der Waals surface area contributed by atoms with E-state index in [0.717, 1.165) is 6.07 Å². The minimum atomic E-state index is -0.637. The van der Waals surface area contributed by atoms with Crippen molar-refractivity contribution in [3.63, 3.8) is 0 Å². The zero-order chi connectivity index (χ0) is 22.4. The molecule has 5 rings (SSSR count). The molecule has 4 nitrogen and oxygen atoms in total. The van der Waals surface area contributed by atoms with Crippen molar-refractivity contribution in [1.29, 1.82) is 0 Å². The van der Waals surface area contributed by atoms with Crippen LogP contribution < -0.4 is 5.56 Å². The van der Waals surface area contributed by atoms with E-state index in [1.54, 1.807) is 16.8 Å². The zero-order valence-electron chi connectivity index (χ0n) is 16.8. The fraction of sp³-hybridized carbons (Fsp3) is 0.208. The van der Waals surface area contributed by atoms with Gasteiger partial charge in [0, 0.05) is 0 Å². The van der Waals surface area contributed by atoms with Crippen molar-refractivity contribution < 1.29 is 8.78 Å². The number of halogens is 3. The molecule has 0 unspecified atom stereocenters. The van der Waals surface area contributed by atoms with Crippen LogP contribution in [0.2, 0.25) is 0 Å². The SMILES string of the molecule is O=c1c2cc(Br)cnc2nc(C[C@H]([As])c2cc(F)cc(F)c2)n1-c1ccc(C2CC2)cc1. The van der Waals surface area contributed by atoms with Gasteiger partial charge in [0.15, 0.2) is 0 Å². The molecule has 2 radical (unpaired) electrons. The third-order valence-corrected chi connectivity index (χ3v) is 7.05. The van der Waals surface area contributed by atoms with Gasteiger partial charge in [0.05, 0.1) is 0 Å². The summed E-state index contributed by atoms with van der Waals surface area (Å²) in [6, 6.07) is 13.1. The van der Waals surface area contributed by atoms with Gasteiger partial charge in [0.1, 0.15) is 0 Å². The summed E-state index contributed by atoms with van der Waals surface area (Å²) in [5.41, 5.74) is 2.55. The number of rotatable bonds is 5. The molecule has 1 atom stereocenters. The van der Waals surface area contributed by atoms with Gasteiger partial charge in [-0.15, -0.1) is 0 Å². The Kier molecular flexibility index (Phi) is 5.72. The zero-order valence-corrected chi connectivity index (χ0v) is 20.3. The van der Waals surface area contributed by atoms with Gasteiger partial charge in [-0.1, -0.05) is 0 Å². The minimum absolute atomic E-state index is 0.233. The number of pyridine rings is 1. The van der Waals surface area contributed by atoms with Crippen LogP contribution in [0.4, 0.5) is 8.78 Å². The average Bonchev–Trinajstić information content (AvgIpc) is 3.60. The normalized spacial score (nSPS) is 14.6. The molecule has 8 heteroatoms. The first-order valence-corrected chi connectivity index (χ1v) is 12.1. The van der Waals surface area contributed by atoms with E-state index in [9.17, 15) is 13.6 Å². The van der Waals surface area contributed by atoms with E-state index in [2.05, 4.69) is 42.8 Å². The van der Waals surface area contributed by atoms with E-state index < -0.39 is 11.6 Å². The van der Waals surface area contributed by atoms with Gasteiger partial charge in [0.2, 0.25) is 0 Å². The molecule has 1 fully saturated rings. The molecule has 0 N–H and O–H groups in total. The Morgan fingerprint density at radius 1 is 1.09 bits per heavy atom. The molecule has 0 spiro atoms. The van der Waals surface area contributed by atoms with E-state index in [4.69, 9.17) is 0 Å². The summed E-state index contributed by atoms with van der Waals surface area (Å²) in [5, 5.41) is 0.397. The van der Waals surface area contributed by atoms with Gasteiger partial charge in [-0.05, 0) is 0 Å². The molecule has 160 valence electrons. The topological polar surface area (TPSA) is 47.8 Å². The molecule has 0 saturated heterocycles. The molecule has 1 aliphatic carbocycles. The molecular formula is C24H17AsBrF2N3O. The maximum absolute atomic E-state index is 13.8. The van der Waals surface area contributed by atoms with Gasteiger partial charge in [-0.2, -0.15) is 0 Å². The van der Waals surface area contributed by atoms with Gasteiger partial charge in [-0.3, -0.25) is 0 Å². The second kappa shape index (κ2) is 8.53. The van der Waals surface area contributed by atoms with Crippen LogP contribution in [-0.4, -0.2) is 31.4 Å². The Morgan fingerprint density at radius 3 is 2.44 bits per heavy atom. The van der Waals surface area contributed by atoms with E-state index in [1.807, 2.05) is 24.3 Å². The average molecular weight is 556 g/mol. The van der Waals surface area contributed by atoms with Crippen LogP contribution in [0.15, 0.2) is 64.0 Å². The van der Waals surface area contributed by atoms with Crippen LogP contribution in [-0.2, 0) is 6.42 Å². The van der Waals surface area contributed by atoms with E-state index >= 15 is 0 Å². The van der Waals surface area contributed by atoms with Gasteiger partial charge in [0.25, 0.3) is 0 Å². The molecule has 2 heterocycles. The standard InChI is InChI=1S/C24H17AsBrF2N3O/c25-21(15-7-17(27)10-18(28)8-15)11-22-30-23-20(9-16(26)12-29-23)24(32)31(22)19-5-3-14(4-6-19)13-1-2-13/h3-10,12-13,21H,1-2,11H2/t21-/m0/s1. The number of nitrogens with zero attached hydrogens (tertiary/aromatic N) is 3. The predicted octanol–water partition coefficient (Wildman–Crippen LogP) is 5.15. The van der Waals surface area contributed by atoms with E-state index in [0.29, 0.717) is 38.5 Å². The summed E-state index contributed by atoms with van der Waals surface area (Å²) in [6.45, 7) is 0. The number of benzene rings is 2. The Morgan fingerprint density at radius 2 is 1.78 bits per heavy atom. The molecule has 2 aromatic heterocycles. The molecule has 1 aliphatic rings. The molecule has 2 aromatic carbocycles. The van der Waals surface area contributed by atoms with Crippen LogP contribution in [0.3, 0.4) is 0 Å². The Bertz CT molecular complexity index is 1370. The molecule has 1 saturated carbocycles. The van der Waals surface area contributed by atoms with E-state index in [-0.39, 0.29) is 16.7 Å². The first kappa shape index (κ1) is 21.5. The number of hydrogen-bond acceptors (Lipinski definition) is 3. The van der Waals surface area contributed by atoms with Crippen LogP contribution >= 0.6 is 15.9 Å². The Labute approximate surface area is 200 Å². The maximum atomic E-state index is 13.8. The summed E-state index contributed by atoms with van der Waals surface area (Å²) in [7, 11) is 0. The first-order valence-electron chi connectivity index (χ1n) is 10.2. The van der Waals surface area contributed by atoms with Crippen molar-refractivity contribution in [2.45, 2.75) is 29.9 Å². The van der Waals surface area contributed by atoms with Crippen LogP contribution in [0.25, 0.3) is 16.7 Å². The molecule has 32 heavy (non-hydrogen) atoms. The second-order valence-corrected chi connectivity index (χ2v) is 10.2. The molecule has 0 aliphatic heterocycles. The van der Waals surface area contributed by atoms with Crippen molar-refractivity contribution in [1.82, 2.24) is 14.5 Å². The van der Waals surface area contributed by atoms with Gasteiger partial charge in [-0.25, -0.2) is 0 Å². The Balaban J connectivity index is 1.63. The molecule has 0 amide bonds. The third kappa shape index (κ3) is 4.28.